The van der Waals surface area contributed by atoms with E-state index in [-0.39, 0.29) is 17.1 Å². The van der Waals surface area contributed by atoms with Crippen molar-refractivity contribution in [2.45, 2.75) is 0 Å². The average molecular weight is 271 g/mol. The van der Waals surface area contributed by atoms with E-state index >= 15 is 0 Å². The minimum absolute atomic E-state index is 0.0400. The van der Waals surface area contributed by atoms with Crippen molar-refractivity contribution in [1.82, 2.24) is 0 Å². The quantitative estimate of drug-likeness (QED) is 0.526. The lowest BCUT2D eigenvalue weighted by molar-refractivity contribution is -0.384. The molecule has 0 bridgehead atoms. The van der Waals surface area contributed by atoms with Gasteiger partial charge in [0.15, 0.2) is 5.75 Å². The molecule has 0 fully saturated rings. The summed E-state index contributed by atoms with van der Waals surface area (Å²) in [5.41, 5.74) is 0.0851. The predicted octanol–water partition coefficient (Wildman–Crippen LogP) is 3.08. The van der Waals surface area contributed by atoms with Gasteiger partial charge < -0.3 is 5.11 Å². The van der Waals surface area contributed by atoms with Crippen LogP contribution in [-0.2, 0) is 0 Å². The van der Waals surface area contributed by atoms with Crippen LogP contribution < -0.4 is 5.43 Å². The van der Waals surface area contributed by atoms with Crippen LogP contribution in [0.3, 0.4) is 0 Å². The van der Waals surface area contributed by atoms with Crippen molar-refractivity contribution < 1.29 is 10.0 Å². The molecule has 0 spiro atoms. The molecule has 100 valence electrons. The van der Waals surface area contributed by atoms with Crippen LogP contribution in [0.4, 0.5) is 17.1 Å². The lowest BCUT2D eigenvalue weighted by atomic mass is 10.3. The first kappa shape index (κ1) is 13.3. The van der Waals surface area contributed by atoms with E-state index in [1.54, 1.807) is 0 Å². The Kier molecular flexibility index (Phi) is 3.80. The van der Waals surface area contributed by atoms with Gasteiger partial charge in [0.25, 0.3) is 5.69 Å². The van der Waals surface area contributed by atoms with Gasteiger partial charge in [0.05, 0.1) is 16.3 Å². The van der Waals surface area contributed by atoms with Crippen molar-refractivity contribution in [1.29, 1.82) is 0 Å². The molecule has 0 unspecified atom stereocenters. The molecule has 0 aliphatic rings. The molecule has 1 N–H and O–H groups in total. The van der Waals surface area contributed by atoms with Crippen LogP contribution >= 0.6 is 0 Å². The van der Waals surface area contributed by atoms with Gasteiger partial charge in [-0.05, 0) is 24.3 Å². The number of benzene rings is 1. The normalized spacial score (nSPS) is 10.6. The second-order valence-corrected chi connectivity index (χ2v) is 3.82. The Bertz CT molecular complexity index is 726. The number of hydrogen-bond acceptors (Lipinski definition) is 6. The first-order valence-electron chi connectivity index (χ1n) is 5.56. The molecule has 0 atom stereocenters. The van der Waals surface area contributed by atoms with Gasteiger partial charge in [-0.2, -0.15) is 10.2 Å². The predicted molar refractivity (Wildman–Crippen MR) is 71.6 cm³/mol. The zero-order valence-corrected chi connectivity index (χ0v) is 10.1. The van der Waals surface area contributed by atoms with Crippen LogP contribution in [0.1, 0.15) is 0 Å². The summed E-state index contributed by atoms with van der Waals surface area (Å²) >= 11 is 0. The van der Waals surface area contributed by atoms with Crippen LogP contribution in [0, 0.1) is 10.1 Å². The highest BCUT2D eigenvalue weighted by atomic mass is 16.6. The molecule has 0 aliphatic heterocycles. The summed E-state index contributed by atoms with van der Waals surface area (Å²) in [7, 11) is 0. The molecule has 2 aromatic carbocycles. The fraction of sp³-hybridized carbons (Fsp3) is 0. The summed E-state index contributed by atoms with van der Waals surface area (Å²) < 4.78 is 0. The zero-order chi connectivity index (χ0) is 14.5. The summed E-state index contributed by atoms with van der Waals surface area (Å²) in [6.07, 6.45) is 0. The van der Waals surface area contributed by atoms with Gasteiger partial charge in [-0.3, -0.25) is 14.9 Å². The standard InChI is InChI=1S/C13H9N3O4/c17-12-3-1-2-10(8-13(12)18)15-14-9-4-6-11(7-5-9)16(19)20/h1-8H,(H,17,18). The molecule has 7 nitrogen and oxygen atoms in total. The van der Waals surface area contributed by atoms with Crippen molar-refractivity contribution in [2.75, 3.05) is 0 Å². The fourth-order valence-electron chi connectivity index (χ4n) is 1.40. The van der Waals surface area contributed by atoms with Gasteiger partial charge in [-0.1, -0.05) is 6.07 Å². The summed E-state index contributed by atoms with van der Waals surface area (Å²) in [5, 5.41) is 27.4. The molecule has 0 aliphatic carbocycles. The SMILES string of the molecule is O=c1cc(N=Nc2ccc([N+](=O)[O-])cc2)cccc1O. The Morgan fingerprint density at radius 3 is 2.30 bits per heavy atom. The highest BCUT2D eigenvalue weighted by Crippen LogP contribution is 2.20. The summed E-state index contributed by atoms with van der Waals surface area (Å²) in [6, 6.07) is 10.9. The molecular weight excluding hydrogens is 262 g/mol. The van der Waals surface area contributed by atoms with E-state index in [0.29, 0.717) is 5.69 Å². The number of nitro benzene ring substituents is 1. The minimum atomic E-state index is -0.562. The van der Waals surface area contributed by atoms with E-state index in [4.69, 9.17) is 0 Å². The van der Waals surface area contributed by atoms with E-state index in [2.05, 4.69) is 10.2 Å². The molecule has 2 aromatic rings. The third kappa shape index (κ3) is 3.22. The lowest BCUT2D eigenvalue weighted by Gasteiger charge is -1.92. The third-order valence-electron chi connectivity index (χ3n) is 2.39. The summed E-state index contributed by atoms with van der Waals surface area (Å²) in [4.78, 5) is 21.3. The summed E-state index contributed by atoms with van der Waals surface area (Å²) in [5.74, 6) is -0.373. The number of nitrogens with zero attached hydrogens (tertiary/aromatic N) is 3. The Morgan fingerprint density at radius 1 is 1.00 bits per heavy atom. The number of rotatable bonds is 3. The molecule has 0 saturated heterocycles. The van der Waals surface area contributed by atoms with Crippen LogP contribution in [0.5, 0.6) is 5.75 Å². The zero-order valence-electron chi connectivity index (χ0n) is 10.1. The van der Waals surface area contributed by atoms with Gasteiger partial charge in [-0.15, -0.1) is 0 Å². The van der Waals surface area contributed by atoms with Crippen molar-refractivity contribution in [3.05, 3.63) is 68.9 Å². The monoisotopic (exact) mass is 271 g/mol. The average Bonchev–Trinajstić information content (AvgIpc) is 2.59. The van der Waals surface area contributed by atoms with E-state index in [1.807, 2.05) is 0 Å². The maximum atomic E-state index is 11.3. The first-order valence-corrected chi connectivity index (χ1v) is 5.56. The third-order valence-corrected chi connectivity index (χ3v) is 2.39. The number of aromatic hydroxyl groups is 1. The first-order chi connectivity index (χ1) is 9.56. The molecule has 7 heteroatoms. The van der Waals surface area contributed by atoms with Gasteiger partial charge in [0, 0.05) is 18.2 Å². The van der Waals surface area contributed by atoms with Crippen molar-refractivity contribution >= 4 is 17.1 Å². The highest BCUT2D eigenvalue weighted by Gasteiger charge is 2.03. The number of non-ortho nitro benzene ring substituents is 1. The van der Waals surface area contributed by atoms with Gasteiger partial charge in [0.1, 0.15) is 0 Å². The molecule has 20 heavy (non-hydrogen) atoms. The van der Waals surface area contributed by atoms with E-state index in [0.717, 1.165) is 6.07 Å². The molecule has 0 amide bonds. The Balaban J connectivity index is 2.25. The highest BCUT2D eigenvalue weighted by molar-refractivity contribution is 5.45. The van der Waals surface area contributed by atoms with E-state index in [9.17, 15) is 20.0 Å². The molecule has 2 rings (SSSR count). The van der Waals surface area contributed by atoms with Crippen LogP contribution in [0.25, 0.3) is 0 Å². The number of hydrogen-bond donors (Lipinski definition) is 1. The second-order valence-electron chi connectivity index (χ2n) is 3.82. The Morgan fingerprint density at radius 2 is 1.65 bits per heavy atom. The Hall–Kier alpha value is -3.09. The second kappa shape index (κ2) is 5.70. The topological polar surface area (TPSA) is 105 Å². The van der Waals surface area contributed by atoms with Gasteiger partial charge in [0.2, 0.25) is 5.43 Å². The number of azo groups is 1. The minimum Gasteiger partial charge on any atom is -0.504 e. The smallest absolute Gasteiger partial charge is 0.269 e. The molecule has 0 aromatic heterocycles. The van der Waals surface area contributed by atoms with Crippen molar-refractivity contribution in [3.8, 4) is 5.75 Å². The maximum absolute atomic E-state index is 11.3. The molecule has 0 heterocycles. The van der Waals surface area contributed by atoms with E-state index in [1.165, 1.54) is 42.5 Å². The van der Waals surface area contributed by atoms with Crippen LogP contribution in [-0.4, -0.2) is 10.0 Å². The molecule has 0 saturated carbocycles. The lowest BCUT2D eigenvalue weighted by Crippen LogP contribution is -1.91. The van der Waals surface area contributed by atoms with Gasteiger partial charge in [-0.25, -0.2) is 0 Å². The molecule has 0 radical (unpaired) electrons. The maximum Gasteiger partial charge on any atom is 0.269 e. The van der Waals surface area contributed by atoms with Crippen molar-refractivity contribution in [2.24, 2.45) is 10.2 Å². The van der Waals surface area contributed by atoms with Crippen molar-refractivity contribution in [3.63, 3.8) is 0 Å². The fourth-order valence-corrected chi connectivity index (χ4v) is 1.40. The van der Waals surface area contributed by atoms with Crippen LogP contribution in [0.15, 0.2) is 63.6 Å². The van der Waals surface area contributed by atoms with Gasteiger partial charge >= 0.3 is 0 Å². The van der Waals surface area contributed by atoms with Crippen LogP contribution in [0.2, 0.25) is 0 Å². The largest absolute Gasteiger partial charge is 0.504 e. The summed E-state index contributed by atoms with van der Waals surface area (Å²) in [6.45, 7) is 0. The Labute approximate surface area is 113 Å². The molecular formula is C13H9N3O4. The number of nitro groups is 1. The van der Waals surface area contributed by atoms with E-state index < -0.39 is 10.4 Å².